The minimum atomic E-state index is -3.75. The quantitative estimate of drug-likeness (QED) is 0.693. The van der Waals surface area contributed by atoms with Crippen molar-refractivity contribution in [1.82, 2.24) is 14.9 Å². The lowest BCUT2D eigenvalue weighted by molar-refractivity contribution is -0.120. The number of nitrogens with one attached hydrogen (secondary N) is 1. The zero-order chi connectivity index (χ0) is 22.8. The second-order valence-electron chi connectivity index (χ2n) is 8.14. The van der Waals surface area contributed by atoms with Crippen molar-refractivity contribution in [3.05, 3.63) is 41.9 Å². The first-order valence-corrected chi connectivity index (χ1v) is 11.9. The molecule has 10 heteroatoms. The van der Waals surface area contributed by atoms with Gasteiger partial charge in [0.15, 0.2) is 0 Å². The molecule has 0 radical (unpaired) electrons. The number of hydrogen-bond donors (Lipinski definition) is 2. The molecule has 1 aromatic carbocycles. The summed E-state index contributed by atoms with van der Waals surface area (Å²) >= 11 is 0. The Bertz CT molecular complexity index is 1030. The summed E-state index contributed by atoms with van der Waals surface area (Å²) in [5.74, 6) is 1.90. The average molecular weight is 447 g/mol. The molecular formula is C21H30N6O3S. The summed E-state index contributed by atoms with van der Waals surface area (Å²) in [6.45, 7) is 11.0. The van der Waals surface area contributed by atoms with E-state index in [-0.39, 0.29) is 22.8 Å². The summed E-state index contributed by atoms with van der Waals surface area (Å²) in [6.07, 6.45) is 0. The fourth-order valence-corrected chi connectivity index (χ4v) is 3.99. The normalized spacial score (nSPS) is 16.4. The minimum Gasteiger partial charge on any atom is -0.354 e. The van der Waals surface area contributed by atoms with E-state index in [0.717, 1.165) is 43.5 Å². The van der Waals surface area contributed by atoms with Crippen molar-refractivity contribution in [1.29, 1.82) is 0 Å². The lowest BCUT2D eigenvalue weighted by Crippen LogP contribution is -2.53. The number of rotatable bonds is 6. The zero-order valence-corrected chi connectivity index (χ0v) is 19.2. The van der Waals surface area contributed by atoms with Gasteiger partial charge < -0.3 is 10.2 Å². The molecule has 1 aliphatic rings. The maximum absolute atomic E-state index is 12.7. The standard InChI is InChI=1S/C21H30N6O3S/c1-14(2)20-23-15(3)13-19(25-20)27-11-9-26(10-12-27)16(4)21(28)24-17-5-7-18(8-6-17)31(22,29)30/h5-8,13-14,16H,9-12H2,1-4H3,(H,24,28)(H2,22,29,30)/t16-/m1/s1. The fraction of sp³-hybridized carbons (Fsp3) is 0.476. The van der Waals surface area contributed by atoms with Gasteiger partial charge >= 0.3 is 0 Å². The molecule has 2 heterocycles. The molecule has 3 N–H and O–H groups in total. The number of carbonyl (C=O) groups is 1. The highest BCUT2D eigenvalue weighted by Crippen LogP contribution is 2.20. The number of aryl methyl sites for hydroxylation is 1. The van der Waals surface area contributed by atoms with Crippen LogP contribution >= 0.6 is 0 Å². The second-order valence-corrected chi connectivity index (χ2v) is 9.70. The molecular weight excluding hydrogens is 416 g/mol. The van der Waals surface area contributed by atoms with Gasteiger partial charge in [0.25, 0.3) is 0 Å². The number of piperazine rings is 1. The molecule has 9 nitrogen and oxygen atoms in total. The van der Waals surface area contributed by atoms with Gasteiger partial charge in [0.2, 0.25) is 15.9 Å². The Kier molecular flexibility index (Phi) is 6.93. The number of anilines is 2. The van der Waals surface area contributed by atoms with E-state index < -0.39 is 10.0 Å². The van der Waals surface area contributed by atoms with E-state index in [4.69, 9.17) is 10.1 Å². The largest absolute Gasteiger partial charge is 0.354 e. The molecule has 0 saturated carbocycles. The van der Waals surface area contributed by atoms with Crippen LogP contribution in [-0.4, -0.2) is 61.4 Å². The van der Waals surface area contributed by atoms with Crippen molar-refractivity contribution < 1.29 is 13.2 Å². The van der Waals surface area contributed by atoms with Crippen LogP contribution in [0.5, 0.6) is 0 Å². The maximum atomic E-state index is 12.7. The molecule has 1 aromatic heterocycles. The Balaban J connectivity index is 1.58. The van der Waals surface area contributed by atoms with Crippen molar-refractivity contribution in [3.63, 3.8) is 0 Å². The van der Waals surface area contributed by atoms with Crippen molar-refractivity contribution in [2.45, 2.75) is 44.6 Å². The number of primary sulfonamides is 1. The SMILES string of the molecule is Cc1cc(N2CCN([C@H](C)C(=O)Nc3ccc(S(N)(=O)=O)cc3)CC2)nc(C(C)C)n1. The molecule has 2 aromatic rings. The second kappa shape index (κ2) is 9.29. The fourth-order valence-electron chi connectivity index (χ4n) is 3.47. The molecule has 1 aliphatic heterocycles. The number of amides is 1. The zero-order valence-electron chi connectivity index (χ0n) is 18.4. The lowest BCUT2D eigenvalue weighted by atomic mass is 10.2. The van der Waals surface area contributed by atoms with Crippen LogP contribution in [-0.2, 0) is 14.8 Å². The number of carbonyl (C=O) groups excluding carboxylic acids is 1. The Morgan fingerprint density at radius 3 is 2.23 bits per heavy atom. The van der Waals surface area contributed by atoms with E-state index in [1.807, 2.05) is 19.9 Å². The number of sulfonamides is 1. The van der Waals surface area contributed by atoms with Gasteiger partial charge in [-0.15, -0.1) is 0 Å². The van der Waals surface area contributed by atoms with E-state index >= 15 is 0 Å². The van der Waals surface area contributed by atoms with Crippen LogP contribution in [0.4, 0.5) is 11.5 Å². The topological polar surface area (TPSA) is 122 Å². The number of benzene rings is 1. The Hall–Kier alpha value is -2.56. The highest BCUT2D eigenvalue weighted by molar-refractivity contribution is 7.89. The van der Waals surface area contributed by atoms with Crippen LogP contribution in [0.3, 0.4) is 0 Å². The van der Waals surface area contributed by atoms with Gasteiger partial charge in [-0.05, 0) is 38.1 Å². The first kappa shape index (κ1) is 23.1. The van der Waals surface area contributed by atoms with Crippen LogP contribution in [0.15, 0.2) is 35.2 Å². The number of nitrogens with zero attached hydrogens (tertiary/aromatic N) is 4. The lowest BCUT2D eigenvalue weighted by Gasteiger charge is -2.38. The van der Waals surface area contributed by atoms with E-state index in [1.54, 1.807) is 0 Å². The molecule has 0 unspecified atom stereocenters. The Labute approximate surface area is 183 Å². The minimum absolute atomic E-state index is 0.00949. The highest BCUT2D eigenvalue weighted by Gasteiger charge is 2.26. The van der Waals surface area contributed by atoms with Crippen molar-refractivity contribution in [2.24, 2.45) is 5.14 Å². The molecule has 0 bridgehead atoms. The predicted molar refractivity (Wildman–Crippen MR) is 121 cm³/mol. The van der Waals surface area contributed by atoms with Crippen LogP contribution in [0.2, 0.25) is 0 Å². The summed E-state index contributed by atoms with van der Waals surface area (Å²) < 4.78 is 22.7. The van der Waals surface area contributed by atoms with E-state index in [1.165, 1.54) is 24.3 Å². The molecule has 1 fully saturated rings. The molecule has 1 saturated heterocycles. The molecule has 1 atom stereocenters. The van der Waals surface area contributed by atoms with E-state index in [0.29, 0.717) is 5.69 Å². The average Bonchev–Trinajstić information content (AvgIpc) is 2.72. The highest BCUT2D eigenvalue weighted by atomic mass is 32.2. The van der Waals surface area contributed by atoms with Crippen LogP contribution in [0, 0.1) is 6.92 Å². The molecule has 31 heavy (non-hydrogen) atoms. The van der Waals surface area contributed by atoms with Crippen LogP contribution in [0.1, 0.15) is 38.2 Å². The van der Waals surface area contributed by atoms with Gasteiger partial charge in [-0.2, -0.15) is 0 Å². The first-order chi connectivity index (χ1) is 14.5. The molecule has 3 rings (SSSR count). The summed E-state index contributed by atoms with van der Waals surface area (Å²) in [5, 5.41) is 7.94. The first-order valence-electron chi connectivity index (χ1n) is 10.3. The number of hydrogen-bond acceptors (Lipinski definition) is 7. The summed E-state index contributed by atoms with van der Waals surface area (Å²) in [5.41, 5.74) is 1.48. The van der Waals surface area contributed by atoms with Gasteiger partial charge in [-0.3, -0.25) is 9.69 Å². The van der Waals surface area contributed by atoms with Crippen LogP contribution in [0.25, 0.3) is 0 Å². The predicted octanol–water partition coefficient (Wildman–Crippen LogP) is 1.71. The monoisotopic (exact) mass is 446 g/mol. The van der Waals surface area contributed by atoms with Crippen molar-refractivity contribution in [3.8, 4) is 0 Å². The van der Waals surface area contributed by atoms with Gasteiger partial charge in [0.05, 0.1) is 10.9 Å². The van der Waals surface area contributed by atoms with Crippen molar-refractivity contribution in [2.75, 3.05) is 36.4 Å². The van der Waals surface area contributed by atoms with E-state index in [2.05, 4.69) is 33.9 Å². The maximum Gasteiger partial charge on any atom is 0.241 e. The molecule has 0 spiro atoms. The van der Waals surface area contributed by atoms with Gasteiger partial charge in [0.1, 0.15) is 11.6 Å². The summed E-state index contributed by atoms with van der Waals surface area (Å²) in [4.78, 5) is 26.3. The number of aromatic nitrogens is 2. The Morgan fingerprint density at radius 1 is 1.06 bits per heavy atom. The van der Waals surface area contributed by atoms with Gasteiger partial charge in [-0.25, -0.2) is 23.5 Å². The van der Waals surface area contributed by atoms with Gasteiger partial charge in [0, 0.05) is 49.5 Å². The molecule has 168 valence electrons. The smallest absolute Gasteiger partial charge is 0.241 e. The van der Waals surface area contributed by atoms with Gasteiger partial charge in [-0.1, -0.05) is 13.8 Å². The van der Waals surface area contributed by atoms with Crippen molar-refractivity contribution >= 4 is 27.4 Å². The third kappa shape index (κ3) is 5.78. The summed E-state index contributed by atoms with van der Waals surface area (Å²) in [7, 11) is -3.75. The van der Waals surface area contributed by atoms with Crippen LogP contribution < -0.4 is 15.4 Å². The number of nitrogens with two attached hydrogens (primary N) is 1. The molecule has 0 aliphatic carbocycles. The summed E-state index contributed by atoms with van der Waals surface area (Å²) in [6, 6.07) is 7.51. The Morgan fingerprint density at radius 2 is 1.68 bits per heavy atom. The third-order valence-electron chi connectivity index (χ3n) is 5.39. The molecule has 1 amide bonds. The van der Waals surface area contributed by atoms with E-state index in [9.17, 15) is 13.2 Å². The third-order valence-corrected chi connectivity index (χ3v) is 6.32.